The molecule has 0 aliphatic carbocycles. The van der Waals surface area contributed by atoms with Gasteiger partial charge in [0.05, 0.1) is 13.2 Å². The number of hydrogen-bond donors (Lipinski definition) is 2. The van der Waals surface area contributed by atoms with Crippen LogP contribution in [0.5, 0.6) is 5.75 Å². The van der Waals surface area contributed by atoms with E-state index < -0.39 is 0 Å². The number of carbonyl (C=O) groups is 1. The van der Waals surface area contributed by atoms with Crippen LogP contribution in [0.15, 0.2) is 29.3 Å². The van der Waals surface area contributed by atoms with Crippen molar-refractivity contribution in [2.75, 3.05) is 46.9 Å². The van der Waals surface area contributed by atoms with Crippen LogP contribution in [0.2, 0.25) is 0 Å². The van der Waals surface area contributed by atoms with E-state index in [0.717, 1.165) is 37.5 Å². The fourth-order valence-corrected chi connectivity index (χ4v) is 2.65. The number of hydrogen-bond acceptors (Lipinski definition) is 4. The molecule has 7 nitrogen and oxygen atoms in total. The van der Waals surface area contributed by atoms with E-state index in [0.29, 0.717) is 18.4 Å². The lowest BCUT2D eigenvalue weighted by Gasteiger charge is -2.19. The van der Waals surface area contributed by atoms with E-state index >= 15 is 0 Å². The molecule has 1 aliphatic rings. The van der Waals surface area contributed by atoms with E-state index in [1.807, 2.05) is 38.1 Å². The lowest BCUT2D eigenvalue weighted by atomic mass is 10.1. The normalized spacial score (nSPS) is 18.1. The molecular formula is C20H32N4O3. The largest absolute Gasteiger partial charge is 0.489 e. The van der Waals surface area contributed by atoms with Crippen molar-refractivity contribution >= 4 is 11.9 Å². The SMILES string of the molecule is Cc1cccc(OC(C)CNC(=NCC(=O)N(C)C)NCC2CCOC2)c1. The Kier molecular flexibility index (Phi) is 8.39. The third-order valence-corrected chi connectivity index (χ3v) is 4.34. The summed E-state index contributed by atoms with van der Waals surface area (Å²) in [7, 11) is 3.46. The number of aryl methyl sites for hydroxylation is 1. The van der Waals surface area contributed by atoms with Crippen LogP contribution < -0.4 is 15.4 Å². The van der Waals surface area contributed by atoms with Crippen molar-refractivity contribution < 1.29 is 14.3 Å². The summed E-state index contributed by atoms with van der Waals surface area (Å²) < 4.78 is 11.4. The van der Waals surface area contributed by atoms with E-state index in [1.54, 1.807) is 14.1 Å². The van der Waals surface area contributed by atoms with Crippen LogP contribution in [0, 0.1) is 12.8 Å². The minimum Gasteiger partial charge on any atom is -0.489 e. The van der Waals surface area contributed by atoms with Gasteiger partial charge in [0, 0.05) is 33.2 Å². The molecule has 0 saturated carbocycles. The highest BCUT2D eigenvalue weighted by Gasteiger charge is 2.16. The second-order valence-electron chi connectivity index (χ2n) is 7.19. The molecule has 150 valence electrons. The zero-order valence-corrected chi connectivity index (χ0v) is 16.8. The predicted molar refractivity (Wildman–Crippen MR) is 107 cm³/mol. The van der Waals surface area contributed by atoms with Crippen molar-refractivity contribution in [1.29, 1.82) is 0 Å². The second-order valence-corrected chi connectivity index (χ2v) is 7.19. The number of rotatable bonds is 8. The van der Waals surface area contributed by atoms with Crippen LogP contribution in [0.4, 0.5) is 0 Å². The quantitative estimate of drug-likeness (QED) is 0.530. The van der Waals surface area contributed by atoms with Crippen molar-refractivity contribution in [2.45, 2.75) is 26.4 Å². The van der Waals surface area contributed by atoms with Crippen LogP contribution in [0.1, 0.15) is 18.9 Å². The molecule has 0 radical (unpaired) electrons. The van der Waals surface area contributed by atoms with Gasteiger partial charge >= 0.3 is 0 Å². The molecule has 2 unspecified atom stereocenters. The molecule has 1 amide bonds. The summed E-state index contributed by atoms with van der Waals surface area (Å²) in [6, 6.07) is 7.99. The van der Waals surface area contributed by atoms with Crippen molar-refractivity contribution in [1.82, 2.24) is 15.5 Å². The number of nitrogens with one attached hydrogen (secondary N) is 2. The van der Waals surface area contributed by atoms with Gasteiger partial charge in [-0.3, -0.25) is 4.79 Å². The van der Waals surface area contributed by atoms with Gasteiger partial charge in [-0.05, 0) is 38.0 Å². The molecule has 2 rings (SSSR count). The highest BCUT2D eigenvalue weighted by Crippen LogP contribution is 2.14. The van der Waals surface area contributed by atoms with Gasteiger partial charge in [-0.1, -0.05) is 12.1 Å². The molecule has 1 heterocycles. The third-order valence-electron chi connectivity index (χ3n) is 4.34. The molecule has 1 aliphatic heterocycles. The van der Waals surface area contributed by atoms with Gasteiger partial charge in [-0.15, -0.1) is 0 Å². The summed E-state index contributed by atoms with van der Waals surface area (Å²) in [6.45, 7) is 7.08. The fraction of sp³-hybridized carbons (Fsp3) is 0.600. The van der Waals surface area contributed by atoms with Gasteiger partial charge in [0.25, 0.3) is 0 Å². The van der Waals surface area contributed by atoms with E-state index in [-0.39, 0.29) is 18.6 Å². The predicted octanol–water partition coefficient (Wildman–Crippen LogP) is 1.42. The van der Waals surface area contributed by atoms with Gasteiger partial charge in [0.15, 0.2) is 5.96 Å². The average Bonchev–Trinajstić information content (AvgIpc) is 3.14. The Morgan fingerprint density at radius 3 is 2.89 bits per heavy atom. The van der Waals surface area contributed by atoms with Crippen LogP contribution in [-0.2, 0) is 9.53 Å². The Bertz CT molecular complexity index is 627. The first kappa shape index (κ1) is 21.0. The van der Waals surface area contributed by atoms with E-state index in [4.69, 9.17) is 9.47 Å². The van der Waals surface area contributed by atoms with Crippen molar-refractivity contribution in [3.05, 3.63) is 29.8 Å². The number of carbonyl (C=O) groups excluding carboxylic acids is 1. The first-order valence-corrected chi connectivity index (χ1v) is 9.47. The molecule has 0 bridgehead atoms. The topological polar surface area (TPSA) is 75.2 Å². The van der Waals surface area contributed by atoms with E-state index in [9.17, 15) is 4.79 Å². The molecule has 1 saturated heterocycles. The van der Waals surface area contributed by atoms with Crippen LogP contribution in [0.25, 0.3) is 0 Å². The highest BCUT2D eigenvalue weighted by atomic mass is 16.5. The number of ether oxygens (including phenoxy) is 2. The van der Waals surface area contributed by atoms with Crippen LogP contribution >= 0.6 is 0 Å². The lowest BCUT2D eigenvalue weighted by Crippen LogP contribution is -2.44. The van der Waals surface area contributed by atoms with Gasteiger partial charge in [0.2, 0.25) is 5.91 Å². The number of benzene rings is 1. The zero-order chi connectivity index (χ0) is 19.6. The minimum absolute atomic E-state index is 0.0376. The standard InChI is InChI=1S/C20H32N4O3/c1-15-6-5-7-18(10-15)27-16(2)11-21-20(23-13-19(25)24(3)4)22-12-17-8-9-26-14-17/h5-7,10,16-17H,8-9,11-14H2,1-4H3,(H2,21,22,23). The molecule has 1 aromatic carbocycles. The van der Waals surface area contributed by atoms with Gasteiger partial charge < -0.3 is 25.0 Å². The fourth-order valence-electron chi connectivity index (χ4n) is 2.65. The molecule has 0 aromatic heterocycles. The number of nitrogens with zero attached hydrogens (tertiary/aromatic N) is 2. The molecule has 2 atom stereocenters. The second kappa shape index (κ2) is 10.8. The Hall–Kier alpha value is -2.28. The minimum atomic E-state index is -0.0434. The molecule has 27 heavy (non-hydrogen) atoms. The van der Waals surface area contributed by atoms with Crippen molar-refractivity contribution in [3.8, 4) is 5.75 Å². The van der Waals surface area contributed by atoms with E-state index in [1.165, 1.54) is 4.90 Å². The summed E-state index contributed by atoms with van der Waals surface area (Å²) in [4.78, 5) is 17.8. The summed E-state index contributed by atoms with van der Waals surface area (Å²) in [5.41, 5.74) is 1.16. The monoisotopic (exact) mass is 376 g/mol. The zero-order valence-electron chi connectivity index (χ0n) is 16.8. The summed E-state index contributed by atoms with van der Waals surface area (Å²) >= 11 is 0. The molecule has 2 N–H and O–H groups in total. The number of guanidine groups is 1. The molecule has 0 spiro atoms. The summed E-state index contributed by atoms with van der Waals surface area (Å²) in [5.74, 6) is 1.91. The first-order valence-electron chi connectivity index (χ1n) is 9.47. The Balaban J connectivity index is 1.86. The number of likely N-dealkylation sites (N-methyl/N-ethyl adjacent to an activating group) is 1. The summed E-state index contributed by atoms with van der Waals surface area (Å²) in [5, 5.41) is 6.59. The molecule has 1 aromatic rings. The molecular weight excluding hydrogens is 344 g/mol. The summed E-state index contributed by atoms with van der Waals surface area (Å²) in [6.07, 6.45) is 1.00. The molecule has 7 heteroatoms. The maximum Gasteiger partial charge on any atom is 0.243 e. The van der Waals surface area contributed by atoms with Gasteiger partial charge in [0.1, 0.15) is 18.4 Å². The molecule has 1 fully saturated rings. The maximum atomic E-state index is 11.8. The Morgan fingerprint density at radius 2 is 2.22 bits per heavy atom. The number of aliphatic imine (C=N–C) groups is 1. The Labute approximate surface area is 162 Å². The first-order chi connectivity index (χ1) is 12.9. The van der Waals surface area contributed by atoms with Gasteiger partial charge in [-0.25, -0.2) is 4.99 Å². The average molecular weight is 377 g/mol. The number of amides is 1. The van der Waals surface area contributed by atoms with E-state index in [2.05, 4.69) is 15.6 Å². The van der Waals surface area contributed by atoms with Crippen LogP contribution in [-0.4, -0.2) is 69.8 Å². The van der Waals surface area contributed by atoms with Gasteiger partial charge in [-0.2, -0.15) is 0 Å². The highest BCUT2D eigenvalue weighted by molar-refractivity contribution is 5.84. The smallest absolute Gasteiger partial charge is 0.243 e. The van der Waals surface area contributed by atoms with Crippen molar-refractivity contribution in [3.63, 3.8) is 0 Å². The lowest BCUT2D eigenvalue weighted by molar-refractivity contribution is -0.127. The maximum absolute atomic E-state index is 11.8. The van der Waals surface area contributed by atoms with Crippen LogP contribution in [0.3, 0.4) is 0 Å². The Morgan fingerprint density at radius 1 is 1.41 bits per heavy atom. The third kappa shape index (κ3) is 7.86. The van der Waals surface area contributed by atoms with Crippen molar-refractivity contribution in [2.24, 2.45) is 10.9 Å².